The number of nitrogens with zero attached hydrogens (tertiary/aromatic N) is 1. The maximum Gasteiger partial charge on any atom is 0.348 e. The minimum atomic E-state index is -3.18. The predicted molar refractivity (Wildman–Crippen MR) is 120 cm³/mol. The van der Waals surface area contributed by atoms with Gasteiger partial charge in [0, 0.05) is 12.6 Å². The quantitative estimate of drug-likeness (QED) is 0.607. The lowest BCUT2D eigenvalue weighted by Gasteiger charge is -2.31. The molecule has 172 valence electrons. The molecule has 2 aromatic carbocycles. The minimum Gasteiger partial charge on any atom is -0.453 e. The Morgan fingerprint density at radius 2 is 1.59 bits per heavy atom. The summed E-state index contributed by atoms with van der Waals surface area (Å²) in [6, 6.07) is 16.4. The zero-order valence-corrected chi connectivity index (χ0v) is 19.1. The number of benzene rings is 2. The number of hydrogen-bond acceptors (Lipinski definition) is 6. The van der Waals surface area contributed by atoms with Crippen molar-refractivity contribution in [2.75, 3.05) is 24.7 Å². The van der Waals surface area contributed by atoms with Gasteiger partial charge >= 0.3 is 5.97 Å². The first kappa shape index (κ1) is 23.9. The van der Waals surface area contributed by atoms with Gasteiger partial charge in [-0.15, -0.1) is 0 Å². The number of rotatable bonds is 8. The fourth-order valence-corrected chi connectivity index (χ4v) is 5.68. The zero-order valence-electron chi connectivity index (χ0n) is 18.3. The van der Waals surface area contributed by atoms with Crippen molar-refractivity contribution < 1.29 is 27.9 Å². The van der Waals surface area contributed by atoms with Crippen LogP contribution in [0.3, 0.4) is 0 Å². The van der Waals surface area contributed by atoms with Crippen LogP contribution < -0.4 is 0 Å². The number of esters is 1. The van der Waals surface area contributed by atoms with Crippen LogP contribution >= 0.6 is 0 Å². The van der Waals surface area contributed by atoms with Crippen molar-refractivity contribution in [2.24, 2.45) is 5.92 Å². The normalized spacial score (nSPS) is 17.8. The summed E-state index contributed by atoms with van der Waals surface area (Å²) in [6.07, 6.45) is 0.368. The van der Waals surface area contributed by atoms with E-state index in [1.54, 1.807) is 60.7 Å². The second-order valence-electron chi connectivity index (χ2n) is 8.52. The zero-order chi connectivity index (χ0) is 23.4. The van der Waals surface area contributed by atoms with E-state index in [2.05, 4.69) is 0 Å². The first-order valence-electron chi connectivity index (χ1n) is 10.6. The molecule has 0 saturated carbocycles. The van der Waals surface area contributed by atoms with Gasteiger partial charge in [0.1, 0.15) is 0 Å². The average molecular weight is 460 g/mol. The molecule has 1 heterocycles. The highest BCUT2D eigenvalue weighted by molar-refractivity contribution is 7.91. The highest BCUT2D eigenvalue weighted by Gasteiger charge is 2.42. The summed E-state index contributed by atoms with van der Waals surface area (Å²) < 4.78 is 29.1. The van der Waals surface area contributed by atoms with Crippen molar-refractivity contribution in [3.05, 3.63) is 71.8 Å². The lowest BCUT2D eigenvalue weighted by molar-refractivity contribution is -0.167. The molecule has 7 nitrogen and oxygen atoms in total. The molecule has 0 radical (unpaired) electrons. The van der Waals surface area contributed by atoms with Crippen LogP contribution in [0.5, 0.6) is 0 Å². The second kappa shape index (κ2) is 9.83. The average Bonchev–Trinajstić information content (AvgIpc) is 3.15. The predicted octanol–water partition coefficient (Wildman–Crippen LogP) is 2.14. The topological polar surface area (TPSA) is 101 Å². The maximum atomic E-state index is 13.1. The van der Waals surface area contributed by atoms with Gasteiger partial charge in [-0.2, -0.15) is 0 Å². The molecule has 1 atom stereocenters. The first-order chi connectivity index (χ1) is 15.1. The number of amides is 1. The van der Waals surface area contributed by atoms with E-state index < -0.39 is 40.0 Å². The monoisotopic (exact) mass is 459 g/mol. The molecule has 1 aliphatic heterocycles. The Kier molecular flexibility index (Phi) is 7.36. The lowest BCUT2D eigenvalue weighted by Crippen LogP contribution is -2.46. The van der Waals surface area contributed by atoms with Crippen molar-refractivity contribution >= 4 is 21.7 Å². The van der Waals surface area contributed by atoms with Gasteiger partial charge in [0.2, 0.25) is 5.60 Å². The van der Waals surface area contributed by atoms with E-state index in [9.17, 15) is 23.1 Å². The molecule has 1 aliphatic rings. The summed E-state index contributed by atoms with van der Waals surface area (Å²) in [5.74, 6) is -1.37. The van der Waals surface area contributed by atoms with Crippen molar-refractivity contribution in [1.29, 1.82) is 0 Å². The van der Waals surface area contributed by atoms with Gasteiger partial charge in [0.15, 0.2) is 16.4 Å². The molecular formula is C24H29NO6S. The van der Waals surface area contributed by atoms with Crippen LogP contribution in [0.4, 0.5) is 0 Å². The first-order valence-corrected chi connectivity index (χ1v) is 12.5. The summed E-state index contributed by atoms with van der Waals surface area (Å²) in [5, 5.41) is 11.4. The Morgan fingerprint density at radius 1 is 1.06 bits per heavy atom. The molecule has 3 rings (SSSR count). The van der Waals surface area contributed by atoms with E-state index in [-0.39, 0.29) is 17.4 Å². The molecule has 32 heavy (non-hydrogen) atoms. The standard InChI is InChI=1S/C24H29NO6S/c1-18(2)15-25(21-13-14-32(29,30)17-21)22(26)16-31-23(27)24(28,19-9-5-3-6-10-19)20-11-7-4-8-12-20/h3-12,18,21,28H,13-17H2,1-2H3/t21-/m1/s1. The van der Waals surface area contributed by atoms with Crippen molar-refractivity contribution in [1.82, 2.24) is 4.90 Å². The van der Waals surface area contributed by atoms with Crippen LogP contribution in [0.1, 0.15) is 31.4 Å². The van der Waals surface area contributed by atoms with Gasteiger partial charge in [-0.1, -0.05) is 74.5 Å². The molecule has 0 aliphatic carbocycles. The van der Waals surface area contributed by atoms with Crippen LogP contribution in [0, 0.1) is 5.92 Å². The third kappa shape index (κ3) is 5.37. The van der Waals surface area contributed by atoms with E-state index in [1.165, 1.54) is 4.90 Å². The number of sulfone groups is 1. The highest BCUT2D eigenvalue weighted by atomic mass is 32.2. The summed E-state index contributed by atoms with van der Waals surface area (Å²) in [4.78, 5) is 27.5. The van der Waals surface area contributed by atoms with Crippen molar-refractivity contribution in [2.45, 2.75) is 31.9 Å². The lowest BCUT2D eigenvalue weighted by atomic mass is 9.86. The van der Waals surface area contributed by atoms with Gasteiger partial charge < -0.3 is 14.7 Å². The molecule has 0 aromatic heterocycles. The fraction of sp³-hybridized carbons (Fsp3) is 0.417. The Bertz CT molecular complexity index is 997. The van der Waals surface area contributed by atoms with E-state index >= 15 is 0 Å². The molecule has 1 N–H and O–H groups in total. The Morgan fingerprint density at radius 3 is 2.03 bits per heavy atom. The molecule has 1 fully saturated rings. The molecule has 0 bridgehead atoms. The molecule has 8 heteroatoms. The van der Waals surface area contributed by atoms with Gasteiger partial charge in [-0.3, -0.25) is 4.79 Å². The Labute approximate surface area is 188 Å². The van der Waals surface area contributed by atoms with Crippen LogP contribution in [-0.2, 0) is 29.8 Å². The van der Waals surface area contributed by atoms with Crippen LogP contribution in [0.15, 0.2) is 60.7 Å². The van der Waals surface area contributed by atoms with Crippen LogP contribution in [0.25, 0.3) is 0 Å². The number of carbonyl (C=O) groups excluding carboxylic acids is 2. The molecule has 0 spiro atoms. The Hall–Kier alpha value is -2.71. The largest absolute Gasteiger partial charge is 0.453 e. The molecule has 1 saturated heterocycles. The third-order valence-corrected chi connectivity index (χ3v) is 7.29. The second-order valence-corrected chi connectivity index (χ2v) is 10.7. The maximum absolute atomic E-state index is 13.1. The summed E-state index contributed by atoms with van der Waals surface area (Å²) in [5.41, 5.74) is -1.43. The number of carbonyl (C=O) groups is 2. The highest BCUT2D eigenvalue weighted by Crippen LogP contribution is 2.31. The summed E-state index contributed by atoms with van der Waals surface area (Å²) >= 11 is 0. The molecule has 1 amide bonds. The van der Waals surface area contributed by atoms with E-state index in [1.807, 2.05) is 13.8 Å². The van der Waals surface area contributed by atoms with Gasteiger partial charge in [0.05, 0.1) is 11.5 Å². The SMILES string of the molecule is CC(C)CN(C(=O)COC(=O)C(O)(c1ccccc1)c1ccccc1)[C@@H]1CCS(=O)(=O)C1. The molecule has 0 unspecified atom stereocenters. The van der Waals surface area contributed by atoms with Gasteiger partial charge in [0.25, 0.3) is 5.91 Å². The molecular weight excluding hydrogens is 430 g/mol. The van der Waals surface area contributed by atoms with Crippen LogP contribution in [-0.4, -0.2) is 61.0 Å². The number of hydrogen-bond donors (Lipinski definition) is 1. The van der Waals surface area contributed by atoms with Gasteiger partial charge in [-0.25, -0.2) is 13.2 Å². The summed E-state index contributed by atoms with van der Waals surface area (Å²) in [7, 11) is -3.18. The minimum absolute atomic E-state index is 0.0428. The van der Waals surface area contributed by atoms with Gasteiger partial charge in [-0.05, 0) is 23.5 Å². The number of aliphatic hydroxyl groups is 1. The van der Waals surface area contributed by atoms with Crippen molar-refractivity contribution in [3.63, 3.8) is 0 Å². The van der Waals surface area contributed by atoms with E-state index in [4.69, 9.17) is 4.74 Å². The van der Waals surface area contributed by atoms with Crippen LogP contribution in [0.2, 0.25) is 0 Å². The third-order valence-electron chi connectivity index (χ3n) is 5.54. The van der Waals surface area contributed by atoms with E-state index in [0.717, 1.165) is 0 Å². The fourth-order valence-electron chi connectivity index (χ4n) is 3.94. The number of ether oxygens (including phenoxy) is 1. The molecule has 2 aromatic rings. The van der Waals surface area contributed by atoms with Crippen molar-refractivity contribution in [3.8, 4) is 0 Å². The Balaban J connectivity index is 1.80. The summed E-state index contributed by atoms with van der Waals surface area (Å²) in [6.45, 7) is 3.64. The smallest absolute Gasteiger partial charge is 0.348 e. The van der Waals surface area contributed by atoms with E-state index in [0.29, 0.717) is 24.1 Å².